The van der Waals surface area contributed by atoms with E-state index in [1.165, 1.54) is 23.5 Å². The van der Waals surface area contributed by atoms with E-state index in [2.05, 4.69) is 23.7 Å². The van der Waals surface area contributed by atoms with Crippen LogP contribution in [0.2, 0.25) is 0 Å². The lowest BCUT2D eigenvalue weighted by molar-refractivity contribution is -0.111. The van der Waals surface area contributed by atoms with Gasteiger partial charge in [0.05, 0.1) is 11.6 Å². The molecule has 3 aromatic rings. The number of aromatic nitrogens is 2. The van der Waals surface area contributed by atoms with Crippen molar-refractivity contribution >= 4 is 51.5 Å². The number of fused-ring (bicyclic) bond motifs is 1. The maximum absolute atomic E-state index is 14.0. The number of carbonyl (C=O) groups excluding carboxylic acids is 4. The Kier molecular flexibility index (Phi) is 8.45. The quantitative estimate of drug-likeness (QED) is 0.126. The lowest BCUT2D eigenvalue weighted by atomic mass is 10.0. The van der Waals surface area contributed by atoms with Gasteiger partial charge in [0, 0.05) is 23.4 Å². The number of hydrazine groups is 1. The number of hydrogen-bond donors (Lipinski definition) is 2. The van der Waals surface area contributed by atoms with Crippen molar-refractivity contribution < 1.29 is 23.6 Å². The number of nitrogens with two attached hydrogens (primary N) is 1. The number of hydrogen-bond acceptors (Lipinski definition) is 8. The van der Waals surface area contributed by atoms with Crippen LogP contribution in [0.5, 0.6) is 0 Å². The van der Waals surface area contributed by atoms with Crippen molar-refractivity contribution in [3.63, 3.8) is 0 Å². The van der Waals surface area contributed by atoms with Gasteiger partial charge in [-0.25, -0.2) is 20.0 Å². The number of amides is 3. The third kappa shape index (κ3) is 6.01. The zero-order valence-electron chi connectivity index (χ0n) is 22.4. The van der Waals surface area contributed by atoms with Crippen LogP contribution in [-0.4, -0.2) is 57.2 Å². The summed E-state index contributed by atoms with van der Waals surface area (Å²) in [7, 11) is 0. The van der Waals surface area contributed by atoms with Crippen molar-refractivity contribution in [1.82, 2.24) is 19.9 Å². The molecule has 1 aromatic carbocycles. The van der Waals surface area contributed by atoms with Gasteiger partial charge in [-0.3, -0.25) is 24.5 Å². The minimum atomic E-state index is -1.12. The minimum absolute atomic E-state index is 0.0296. The molecule has 0 bridgehead atoms. The molecule has 0 unspecified atom stereocenters. The number of rotatable bonds is 10. The number of nitrogen functional groups attached to an aromatic ring is 1. The normalized spacial score (nSPS) is 14.1. The van der Waals surface area contributed by atoms with Gasteiger partial charge in [0.15, 0.2) is 5.13 Å². The third-order valence-electron chi connectivity index (χ3n) is 6.45. The SMILES string of the molecule is CC(C)C[C@@H](C=O)N(C(=O)c1csc(N(CC(C)C)C2CC2)n1)C(=O)c1cc2cc(F)ccc2n1C(=O)NN. The molecular formula is C27H33FN6O4S. The van der Waals surface area contributed by atoms with Crippen molar-refractivity contribution in [2.75, 3.05) is 11.4 Å². The van der Waals surface area contributed by atoms with E-state index in [-0.39, 0.29) is 34.6 Å². The molecule has 0 radical (unpaired) electrons. The first kappa shape index (κ1) is 28.4. The zero-order valence-corrected chi connectivity index (χ0v) is 23.2. The fraction of sp³-hybridized carbons (Fsp3) is 0.444. The van der Waals surface area contributed by atoms with Crippen molar-refractivity contribution in [3.05, 3.63) is 46.9 Å². The topological polar surface area (TPSA) is 131 Å². The fourth-order valence-corrected chi connectivity index (χ4v) is 5.51. The molecule has 0 spiro atoms. The van der Waals surface area contributed by atoms with Crippen LogP contribution in [0.25, 0.3) is 10.9 Å². The standard InChI is InChI=1S/C27H33FN6O4S/c1-15(2)9-20(13-35)33(24(36)21-14-39-27(30-21)32(12-16(3)4)19-6-7-19)25(37)23-11-17-10-18(28)5-8-22(17)34(23)26(38)31-29/h5,8,10-11,13-16,19-20H,6-7,9,12,29H2,1-4H3,(H,31,38)/t20-/m0/s1. The van der Waals surface area contributed by atoms with Crippen LogP contribution in [0.15, 0.2) is 29.6 Å². The van der Waals surface area contributed by atoms with E-state index in [0.717, 1.165) is 41.0 Å². The molecule has 0 aliphatic heterocycles. The molecule has 4 rings (SSSR count). The maximum atomic E-state index is 14.0. The summed E-state index contributed by atoms with van der Waals surface area (Å²) in [6, 6.07) is 3.34. The Hall–Kier alpha value is -3.64. The molecule has 1 atom stereocenters. The minimum Gasteiger partial charge on any atom is -0.345 e. The van der Waals surface area contributed by atoms with E-state index in [4.69, 9.17) is 5.84 Å². The van der Waals surface area contributed by atoms with Crippen LogP contribution >= 0.6 is 11.3 Å². The van der Waals surface area contributed by atoms with Crippen molar-refractivity contribution in [2.24, 2.45) is 17.7 Å². The number of halogens is 1. The molecule has 10 nitrogen and oxygen atoms in total. The number of imide groups is 1. The van der Waals surface area contributed by atoms with E-state index in [0.29, 0.717) is 23.4 Å². The molecule has 3 amide bonds. The van der Waals surface area contributed by atoms with Gasteiger partial charge in [-0.1, -0.05) is 27.7 Å². The second-order valence-electron chi connectivity index (χ2n) is 10.6. The molecule has 208 valence electrons. The van der Waals surface area contributed by atoms with Crippen LogP contribution in [0.1, 0.15) is 67.9 Å². The van der Waals surface area contributed by atoms with E-state index in [9.17, 15) is 23.6 Å². The zero-order chi connectivity index (χ0) is 28.4. The number of anilines is 1. The van der Waals surface area contributed by atoms with Crippen LogP contribution < -0.4 is 16.2 Å². The van der Waals surface area contributed by atoms with Gasteiger partial charge in [0.1, 0.15) is 23.5 Å². The first-order valence-corrected chi connectivity index (χ1v) is 13.8. The molecule has 2 aromatic heterocycles. The highest BCUT2D eigenvalue weighted by atomic mass is 32.1. The molecule has 0 saturated heterocycles. The van der Waals surface area contributed by atoms with Crippen molar-refractivity contribution in [3.8, 4) is 0 Å². The smallest absolute Gasteiger partial charge is 0.340 e. The highest BCUT2D eigenvalue weighted by Gasteiger charge is 2.37. The molecule has 3 N–H and O–H groups in total. The maximum Gasteiger partial charge on any atom is 0.340 e. The summed E-state index contributed by atoms with van der Waals surface area (Å²) in [5, 5.41) is 2.52. The monoisotopic (exact) mass is 556 g/mol. The summed E-state index contributed by atoms with van der Waals surface area (Å²) in [4.78, 5) is 60.5. The molecule has 1 aliphatic rings. The van der Waals surface area contributed by atoms with Crippen LogP contribution in [-0.2, 0) is 4.79 Å². The Morgan fingerprint density at radius 2 is 1.90 bits per heavy atom. The molecule has 1 aliphatic carbocycles. The molecule has 12 heteroatoms. The third-order valence-corrected chi connectivity index (χ3v) is 7.33. The van der Waals surface area contributed by atoms with Gasteiger partial charge in [-0.2, -0.15) is 0 Å². The van der Waals surface area contributed by atoms with E-state index in [1.54, 1.807) is 5.38 Å². The number of nitrogens with one attached hydrogen (secondary N) is 1. The van der Waals surface area contributed by atoms with E-state index >= 15 is 0 Å². The fourth-order valence-electron chi connectivity index (χ4n) is 4.63. The Morgan fingerprint density at radius 3 is 2.49 bits per heavy atom. The Labute approximate surface area is 229 Å². The van der Waals surface area contributed by atoms with Gasteiger partial charge in [-0.05, 0) is 55.4 Å². The summed E-state index contributed by atoms with van der Waals surface area (Å²) >= 11 is 1.31. The Bertz CT molecular complexity index is 1400. The van der Waals surface area contributed by atoms with E-state index in [1.807, 2.05) is 19.3 Å². The van der Waals surface area contributed by atoms with Gasteiger partial charge in [0.25, 0.3) is 11.8 Å². The summed E-state index contributed by atoms with van der Waals surface area (Å²) in [6.45, 7) is 8.73. The molecular weight excluding hydrogens is 523 g/mol. The Morgan fingerprint density at radius 1 is 1.18 bits per heavy atom. The van der Waals surface area contributed by atoms with Crippen LogP contribution in [0, 0.1) is 17.7 Å². The number of nitrogens with zero attached hydrogens (tertiary/aromatic N) is 4. The first-order chi connectivity index (χ1) is 18.5. The molecule has 2 heterocycles. The average molecular weight is 557 g/mol. The van der Waals surface area contributed by atoms with Gasteiger partial charge in [-0.15, -0.1) is 11.3 Å². The predicted octanol–water partition coefficient (Wildman–Crippen LogP) is 4.19. The lowest BCUT2D eigenvalue weighted by Crippen LogP contribution is -2.48. The summed E-state index contributed by atoms with van der Waals surface area (Å²) in [5.74, 6) is 3.51. The van der Waals surface area contributed by atoms with Gasteiger partial charge in [0.2, 0.25) is 0 Å². The van der Waals surface area contributed by atoms with Gasteiger partial charge >= 0.3 is 6.03 Å². The second-order valence-corrected chi connectivity index (χ2v) is 11.5. The van der Waals surface area contributed by atoms with Crippen molar-refractivity contribution in [2.45, 2.75) is 59.0 Å². The van der Waals surface area contributed by atoms with Gasteiger partial charge < -0.3 is 9.69 Å². The largest absolute Gasteiger partial charge is 0.345 e. The number of thiazole rings is 1. The second kappa shape index (κ2) is 11.6. The van der Waals surface area contributed by atoms with Crippen molar-refractivity contribution in [1.29, 1.82) is 0 Å². The molecule has 39 heavy (non-hydrogen) atoms. The number of aldehydes is 1. The molecule has 1 fully saturated rings. The predicted molar refractivity (Wildman–Crippen MR) is 147 cm³/mol. The average Bonchev–Trinajstić information content (AvgIpc) is 3.48. The summed E-state index contributed by atoms with van der Waals surface area (Å²) in [6.07, 6.45) is 2.86. The van der Waals surface area contributed by atoms with Crippen LogP contribution in [0.3, 0.4) is 0 Å². The summed E-state index contributed by atoms with van der Waals surface area (Å²) in [5.41, 5.74) is 1.99. The highest BCUT2D eigenvalue weighted by molar-refractivity contribution is 7.14. The van der Waals surface area contributed by atoms with E-state index < -0.39 is 29.7 Å². The summed E-state index contributed by atoms with van der Waals surface area (Å²) < 4.78 is 14.9. The molecule has 1 saturated carbocycles. The Balaban J connectivity index is 1.78. The number of carbonyl (C=O) groups is 4. The first-order valence-electron chi connectivity index (χ1n) is 12.9. The highest BCUT2D eigenvalue weighted by Crippen LogP contribution is 2.34. The number of benzene rings is 1. The lowest BCUT2D eigenvalue weighted by Gasteiger charge is -2.27. The van der Waals surface area contributed by atoms with Crippen LogP contribution in [0.4, 0.5) is 14.3 Å².